The Hall–Kier alpha value is -3.26. The fourth-order valence-electron chi connectivity index (χ4n) is 4.32. The Morgan fingerprint density at radius 3 is 2.59 bits per heavy atom. The minimum atomic E-state index is -1.53. The van der Waals surface area contributed by atoms with E-state index in [9.17, 15) is 14.0 Å². The van der Waals surface area contributed by atoms with Crippen molar-refractivity contribution in [3.63, 3.8) is 0 Å². The molecule has 0 aromatic carbocycles. The molecule has 2 aromatic rings. The number of esters is 2. The third-order valence-corrected chi connectivity index (χ3v) is 6.45. The van der Waals surface area contributed by atoms with Crippen LogP contribution in [-0.4, -0.2) is 49.8 Å². The van der Waals surface area contributed by atoms with E-state index in [4.69, 9.17) is 26.4 Å². The first-order chi connectivity index (χ1) is 17.8. The number of anilines is 1. The average Bonchev–Trinajstić information content (AvgIpc) is 3.45. The summed E-state index contributed by atoms with van der Waals surface area (Å²) in [5.74, 6) is 1.61. The van der Waals surface area contributed by atoms with Gasteiger partial charge in [-0.25, -0.2) is 4.98 Å². The molecule has 1 saturated heterocycles. The number of fused-ring (bicyclic) bond motifs is 1. The second-order valence-corrected chi connectivity index (χ2v) is 9.30. The lowest BCUT2D eigenvalue weighted by Gasteiger charge is -2.28. The Morgan fingerprint density at radius 1 is 1.16 bits per heavy atom. The number of carbonyl (C=O) groups excluding carboxylic acids is 2. The smallest absolute Gasteiger partial charge is 0.312 e. The Morgan fingerprint density at radius 2 is 1.86 bits per heavy atom. The van der Waals surface area contributed by atoms with Crippen LogP contribution < -0.4 is 5.73 Å². The van der Waals surface area contributed by atoms with Crippen molar-refractivity contribution in [1.82, 2.24) is 19.5 Å². The van der Waals surface area contributed by atoms with Gasteiger partial charge in [-0.2, -0.15) is 14.4 Å². The molecule has 3 heterocycles. The number of nitrogens with two attached hydrogens (primary N) is 1. The number of hydrogen-bond acceptors (Lipinski definition) is 9. The number of aromatic nitrogens is 4. The normalized spacial score (nSPS) is 21.1. The highest BCUT2D eigenvalue weighted by Crippen LogP contribution is 2.40. The lowest BCUT2D eigenvalue weighted by atomic mass is 9.98. The molecule has 0 unspecified atom stereocenters. The maximum absolute atomic E-state index is 13.9. The van der Waals surface area contributed by atoms with Crippen molar-refractivity contribution < 1.29 is 28.2 Å². The van der Waals surface area contributed by atoms with Gasteiger partial charge in [-0.1, -0.05) is 58.3 Å². The van der Waals surface area contributed by atoms with Crippen LogP contribution in [0.15, 0.2) is 6.33 Å². The third-order valence-electron chi connectivity index (χ3n) is 6.45. The predicted molar refractivity (Wildman–Crippen MR) is 134 cm³/mol. The van der Waals surface area contributed by atoms with Gasteiger partial charge in [-0.3, -0.25) is 14.2 Å². The van der Waals surface area contributed by atoms with Crippen LogP contribution in [0.25, 0.3) is 11.2 Å². The number of halogens is 1. The van der Waals surface area contributed by atoms with Gasteiger partial charge in [0.25, 0.3) is 0 Å². The molecule has 11 heteroatoms. The molecule has 202 valence electrons. The summed E-state index contributed by atoms with van der Waals surface area (Å²) in [4.78, 5) is 36.4. The Bertz CT molecular complexity index is 1120. The van der Waals surface area contributed by atoms with Crippen molar-refractivity contribution in [3.05, 3.63) is 12.4 Å². The number of terminal acetylenes is 1. The highest BCUT2D eigenvalue weighted by atomic mass is 19.1. The topological polar surface area (TPSA) is 131 Å². The summed E-state index contributed by atoms with van der Waals surface area (Å²) in [6.07, 6.45) is 12.8. The van der Waals surface area contributed by atoms with E-state index >= 15 is 0 Å². The lowest BCUT2D eigenvalue weighted by molar-refractivity contribution is -0.166. The molecular formula is C26H36FN5O5. The summed E-state index contributed by atoms with van der Waals surface area (Å²) in [5, 5.41) is 0. The van der Waals surface area contributed by atoms with Gasteiger partial charge in [0.1, 0.15) is 18.9 Å². The van der Waals surface area contributed by atoms with Crippen molar-refractivity contribution in [2.45, 2.75) is 102 Å². The van der Waals surface area contributed by atoms with Crippen molar-refractivity contribution in [2.24, 2.45) is 0 Å². The van der Waals surface area contributed by atoms with Gasteiger partial charge in [-0.05, 0) is 12.8 Å². The molecule has 1 aliphatic rings. The fraction of sp³-hybridized carbons (Fsp3) is 0.654. The SMILES string of the molecule is C#C[C@]1(COC(=O)CCCC)O[C@@H](n2cnc3c(N)nc(F)nc32)C[C@@H]1OC(=O)CCCCCCCC. The maximum atomic E-state index is 13.9. The molecule has 10 nitrogen and oxygen atoms in total. The van der Waals surface area contributed by atoms with Crippen molar-refractivity contribution in [2.75, 3.05) is 12.3 Å². The van der Waals surface area contributed by atoms with Gasteiger partial charge >= 0.3 is 18.0 Å². The molecular weight excluding hydrogens is 481 g/mol. The first-order valence-corrected chi connectivity index (χ1v) is 13.0. The Labute approximate surface area is 216 Å². The number of nitrogen functional groups attached to an aromatic ring is 1. The third kappa shape index (κ3) is 7.16. The molecule has 1 fully saturated rings. The Kier molecular flexibility index (Phi) is 10.2. The molecule has 3 atom stereocenters. The van der Waals surface area contributed by atoms with E-state index in [0.29, 0.717) is 12.8 Å². The highest BCUT2D eigenvalue weighted by Gasteiger charge is 2.52. The van der Waals surface area contributed by atoms with Crippen LogP contribution in [-0.2, 0) is 23.8 Å². The predicted octanol–water partition coefficient (Wildman–Crippen LogP) is 4.23. The van der Waals surface area contributed by atoms with E-state index < -0.39 is 35.9 Å². The molecule has 3 rings (SSSR count). The second-order valence-electron chi connectivity index (χ2n) is 9.30. The number of ether oxygens (including phenoxy) is 3. The molecule has 0 saturated carbocycles. The van der Waals surface area contributed by atoms with E-state index in [1.807, 2.05) is 6.92 Å². The zero-order valence-electron chi connectivity index (χ0n) is 21.6. The highest BCUT2D eigenvalue weighted by molar-refractivity contribution is 5.81. The Balaban J connectivity index is 1.77. The van der Waals surface area contributed by atoms with Gasteiger partial charge in [0.05, 0.1) is 6.33 Å². The molecule has 2 aromatic heterocycles. The van der Waals surface area contributed by atoms with Gasteiger partial charge in [-0.15, -0.1) is 6.42 Å². The first kappa shape index (κ1) is 28.3. The van der Waals surface area contributed by atoms with Crippen LogP contribution in [0.1, 0.15) is 90.7 Å². The van der Waals surface area contributed by atoms with Crippen molar-refractivity contribution >= 4 is 28.9 Å². The molecule has 0 spiro atoms. The van der Waals surface area contributed by atoms with Crippen LogP contribution in [0.5, 0.6) is 0 Å². The van der Waals surface area contributed by atoms with E-state index in [2.05, 4.69) is 27.8 Å². The van der Waals surface area contributed by atoms with Crippen LogP contribution >= 0.6 is 0 Å². The maximum Gasteiger partial charge on any atom is 0.312 e. The number of imidazole rings is 1. The molecule has 0 radical (unpaired) electrons. The summed E-state index contributed by atoms with van der Waals surface area (Å²) >= 11 is 0. The summed E-state index contributed by atoms with van der Waals surface area (Å²) in [6.45, 7) is 3.82. The molecule has 1 aliphatic heterocycles. The van der Waals surface area contributed by atoms with Crippen molar-refractivity contribution in [1.29, 1.82) is 0 Å². The molecule has 37 heavy (non-hydrogen) atoms. The van der Waals surface area contributed by atoms with Gasteiger partial charge in [0.2, 0.25) is 5.60 Å². The summed E-state index contributed by atoms with van der Waals surface area (Å²) < 4.78 is 32.7. The number of nitrogens with zero attached hydrogens (tertiary/aromatic N) is 4. The molecule has 0 aliphatic carbocycles. The molecule has 2 N–H and O–H groups in total. The standard InChI is InChI=1S/C26H36FN5O5/c1-4-7-9-10-11-12-14-21(34)36-18-15-19(32-17-29-22-23(28)30-25(27)31-24(22)32)37-26(18,6-3)16-35-20(33)13-8-5-2/h3,17-19H,4-5,7-16H2,1-2H3,(H2,28,30,31)/t18-,19+,26+/m0/s1. The number of rotatable bonds is 14. The van der Waals surface area contributed by atoms with Gasteiger partial charge in [0.15, 0.2) is 17.0 Å². The van der Waals surface area contributed by atoms with E-state index in [0.717, 1.165) is 32.1 Å². The average molecular weight is 518 g/mol. The zero-order valence-corrected chi connectivity index (χ0v) is 21.6. The summed E-state index contributed by atoms with van der Waals surface area (Å²) in [6, 6.07) is 0. The van der Waals surface area contributed by atoms with Crippen LogP contribution in [0, 0.1) is 18.4 Å². The minimum absolute atomic E-state index is 0.111. The minimum Gasteiger partial charge on any atom is -0.461 e. The van der Waals surface area contributed by atoms with E-state index in [1.165, 1.54) is 17.3 Å². The van der Waals surface area contributed by atoms with E-state index in [1.54, 1.807) is 0 Å². The lowest BCUT2D eigenvalue weighted by Crippen LogP contribution is -2.45. The largest absolute Gasteiger partial charge is 0.461 e. The quantitative estimate of drug-likeness (QED) is 0.169. The number of hydrogen-bond donors (Lipinski definition) is 1. The van der Waals surface area contributed by atoms with Gasteiger partial charge in [0, 0.05) is 19.3 Å². The first-order valence-electron chi connectivity index (χ1n) is 13.0. The fourth-order valence-corrected chi connectivity index (χ4v) is 4.32. The van der Waals surface area contributed by atoms with Crippen LogP contribution in [0.2, 0.25) is 0 Å². The van der Waals surface area contributed by atoms with Gasteiger partial charge < -0.3 is 19.9 Å². The van der Waals surface area contributed by atoms with Crippen LogP contribution in [0.3, 0.4) is 0 Å². The zero-order chi connectivity index (χ0) is 26.8. The number of carbonyl (C=O) groups is 2. The monoisotopic (exact) mass is 517 g/mol. The number of unbranched alkanes of at least 4 members (excludes halogenated alkanes) is 6. The van der Waals surface area contributed by atoms with E-state index in [-0.39, 0.29) is 42.9 Å². The second kappa shape index (κ2) is 13.3. The summed E-state index contributed by atoms with van der Waals surface area (Å²) in [7, 11) is 0. The molecule has 0 amide bonds. The summed E-state index contributed by atoms with van der Waals surface area (Å²) in [5.41, 5.74) is 4.56. The van der Waals surface area contributed by atoms with Crippen LogP contribution in [0.4, 0.5) is 10.2 Å². The molecule has 0 bridgehead atoms. The van der Waals surface area contributed by atoms with Crippen molar-refractivity contribution in [3.8, 4) is 12.3 Å².